The minimum absolute atomic E-state index is 0.169. The Morgan fingerprint density at radius 2 is 1.90 bits per heavy atom. The third-order valence-corrected chi connectivity index (χ3v) is 3.47. The smallest absolute Gasteiger partial charge is 0.335 e. The van der Waals surface area contributed by atoms with Crippen LogP contribution in [0.2, 0.25) is 0 Å². The summed E-state index contributed by atoms with van der Waals surface area (Å²) in [6.45, 7) is 4.76. The van der Waals surface area contributed by atoms with Crippen molar-refractivity contribution in [2.24, 2.45) is 0 Å². The van der Waals surface area contributed by atoms with Crippen LogP contribution in [0.3, 0.4) is 0 Å². The van der Waals surface area contributed by atoms with Crippen LogP contribution in [0.15, 0.2) is 40.8 Å². The summed E-state index contributed by atoms with van der Waals surface area (Å²) in [5, 5.41) is 8.87. The van der Waals surface area contributed by atoms with Crippen LogP contribution in [0, 0.1) is 6.92 Å². The summed E-state index contributed by atoms with van der Waals surface area (Å²) in [5.41, 5.74) is 1.39. The van der Waals surface area contributed by atoms with Crippen molar-refractivity contribution in [1.29, 1.82) is 0 Å². The van der Waals surface area contributed by atoms with Gasteiger partial charge in [0.2, 0.25) is 0 Å². The topological polar surface area (TPSA) is 53.7 Å². The number of aromatic carboxylic acids is 1. The van der Waals surface area contributed by atoms with Crippen LogP contribution in [-0.4, -0.2) is 23.0 Å². The van der Waals surface area contributed by atoms with Gasteiger partial charge in [-0.25, -0.2) is 4.79 Å². The predicted octanol–water partition coefficient (Wildman–Crippen LogP) is 3.48. The Morgan fingerprint density at radius 1 is 1.25 bits per heavy atom. The maximum atomic E-state index is 10.8. The normalized spacial score (nSPS) is 12.6. The molecule has 1 unspecified atom stereocenters. The molecule has 0 fully saturated rings. The number of hydrogen-bond acceptors (Lipinski definition) is 3. The van der Waals surface area contributed by atoms with Gasteiger partial charge in [-0.2, -0.15) is 0 Å². The molecule has 0 aliphatic rings. The van der Waals surface area contributed by atoms with Crippen LogP contribution in [-0.2, 0) is 6.54 Å². The summed E-state index contributed by atoms with van der Waals surface area (Å²) >= 11 is 0. The standard InChI is InChI=1S/C16H19NO3/c1-11-4-9-15(20-11)12(2)17(3)10-13-5-7-14(8-6-13)16(18)19/h4-9,12H,10H2,1-3H3,(H,18,19). The molecular weight excluding hydrogens is 254 g/mol. The van der Waals surface area contributed by atoms with E-state index in [4.69, 9.17) is 9.52 Å². The van der Waals surface area contributed by atoms with Gasteiger partial charge in [0.1, 0.15) is 11.5 Å². The molecule has 0 radical (unpaired) electrons. The average molecular weight is 273 g/mol. The molecule has 106 valence electrons. The summed E-state index contributed by atoms with van der Waals surface area (Å²) in [6.07, 6.45) is 0. The second kappa shape index (κ2) is 5.92. The maximum Gasteiger partial charge on any atom is 0.335 e. The number of carboxylic acids is 1. The summed E-state index contributed by atoms with van der Waals surface area (Å²) in [7, 11) is 2.02. The monoisotopic (exact) mass is 273 g/mol. The fraction of sp³-hybridized carbons (Fsp3) is 0.312. The van der Waals surface area contributed by atoms with Crippen molar-refractivity contribution < 1.29 is 14.3 Å². The first kappa shape index (κ1) is 14.3. The first-order valence-corrected chi connectivity index (χ1v) is 6.56. The molecule has 1 heterocycles. The van der Waals surface area contributed by atoms with Gasteiger partial charge in [0.05, 0.1) is 11.6 Å². The summed E-state index contributed by atoms with van der Waals surface area (Å²) in [5.74, 6) is 0.947. The Morgan fingerprint density at radius 3 is 2.40 bits per heavy atom. The van der Waals surface area contributed by atoms with E-state index >= 15 is 0 Å². The number of rotatable bonds is 5. The molecule has 1 aromatic carbocycles. The number of carbonyl (C=O) groups is 1. The van der Waals surface area contributed by atoms with Gasteiger partial charge in [0.25, 0.3) is 0 Å². The highest BCUT2D eigenvalue weighted by Crippen LogP contribution is 2.22. The molecule has 0 amide bonds. The highest BCUT2D eigenvalue weighted by atomic mass is 16.4. The van der Waals surface area contributed by atoms with Crippen LogP contribution >= 0.6 is 0 Å². The minimum Gasteiger partial charge on any atom is -0.478 e. The SMILES string of the molecule is Cc1ccc(C(C)N(C)Cc2ccc(C(=O)O)cc2)o1. The third kappa shape index (κ3) is 3.27. The lowest BCUT2D eigenvalue weighted by Crippen LogP contribution is -2.21. The molecule has 0 saturated heterocycles. The number of nitrogens with zero attached hydrogens (tertiary/aromatic N) is 1. The number of carboxylic acid groups (broad SMARTS) is 1. The molecule has 1 N–H and O–H groups in total. The van der Waals surface area contributed by atoms with Crippen molar-refractivity contribution in [3.8, 4) is 0 Å². The zero-order valence-electron chi connectivity index (χ0n) is 12.0. The van der Waals surface area contributed by atoms with Crippen molar-refractivity contribution in [1.82, 2.24) is 4.90 Å². The van der Waals surface area contributed by atoms with E-state index in [-0.39, 0.29) is 6.04 Å². The van der Waals surface area contributed by atoms with E-state index in [1.54, 1.807) is 12.1 Å². The van der Waals surface area contributed by atoms with Crippen molar-refractivity contribution >= 4 is 5.97 Å². The van der Waals surface area contributed by atoms with E-state index in [2.05, 4.69) is 11.8 Å². The first-order chi connectivity index (χ1) is 9.47. The Kier molecular flexibility index (Phi) is 4.25. The Bertz CT molecular complexity index is 586. The van der Waals surface area contributed by atoms with Crippen molar-refractivity contribution in [2.75, 3.05) is 7.05 Å². The number of aryl methyl sites for hydroxylation is 1. The van der Waals surface area contributed by atoms with Gasteiger partial charge in [-0.3, -0.25) is 4.90 Å². The van der Waals surface area contributed by atoms with Crippen LogP contribution < -0.4 is 0 Å². The predicted molar refractivity (Wildman–Crippen MR) is 76.7 cm³/mol. The highest BCUT2D eigenvalue weighted by Gasteiger charge is 2.15. The van der Waals surface area contributed by atoms with Gasteiger partial charge >= 0.3 is 5.97 Å². The maximum absolute atomic E-state index is 10.8. The van der Waals surface area contributed by atoms with Crippen molar-refractivity contribution in [3.63, 3.8) is 0 Å². The van der Waals surface area contributed by atoms with Gasteiger partial charge < -0.3 is 9.52 Å². The van der Waals surface area contributed by atoms with Gasteiger partial charge in [-0.1, -0.05) is 12.1 Å². The van der Waals surface area contributed by atoms with E-state index in [1.807, 2.05) is 38.2 Å². The van der Waals surface area contributed by atoms with Crippen molar-refractivity contribution in [3.05, 3.63) is 59.0 Å². The van der Waals surface area contributed by atoms with Crippen LogP contribution in [0.1, 0.15) is 40.4 Å². The second-order valence-electron chi connectivity index (χ2n) is 5.04. The molecule has 0 aliphatic carbocycles. The van der Waals surface area contributed by atoms with Crippen LogP contribution in [0.25, 0.3) is 0 Å². The van der Waals surface area contributed by atoms with Gasteiger partial charge in [0.15, 0.2) is 0 Å². The third-order valence-electron chi connectivity index (χ3n) is 3.47. The molecule has 0 spiro atoms. The molecule has 1 atom stereocenters. The van der Waals surface area contributed by atoms with E-state index in [0.29, 0.717) is 5.56 Å². The molecule has 0 saturated carbocycles. The van der Waals surface area contributed by atoms with E-state index in [1.165, 1.54) is 0 Å². The average Bonchev–Trinajstić information content (AvgIpc) is 2.85. The van der Waals surface area contributed by atoms with Gasteiger partial charge in [-0.05, 0) is 50.7 Å². The Hall–Kier alpha value is -2.07. The lowest BCUT2D eigenvalue weighted by molar-refractivity contribution is 0.0697. The molecule has 2 rings (SSSR count). The van der Waals surface area contributed by atoms with Crippen LogP contribution in [0.5, 0.6) is 0 Å². The summed E-state index contributed by atoms with van der Waals surface area (Å²) < 4.78 is 5.64. The number of hydrogen-bond donors (Lipinski definition) is 1. The zero-order valence-corrected chi connectivity index (χ0v) is 12.0. The highest BCUT2D eigenvalue weighted by molar-refractivity contribution is 5.87. The molecule has 2 aromatic rings. The number of furan rings is 1. The molecular formula is C16H19NO3. The molecule has 4 heteroatoms. The van der Waals surface area contributed by atoms with Crippen molar-refractivity contribution in [2.45, 2.75) is 26.4 Å². The Labute approximate surface area is 118 Å². The molecule has 4 nitrogen and oxygen atoms in total. The molecule has 20 heavy (non-hydrogen) atoms. The second-order valence-corrected chi connectivity index (χ2v) is 5.04. The minimum atomic E-state index is -0.899. The fourth-order valence-corrected chi connectivity index (χ4v) is 2.07. The van der Waals surface area contributed by atoms with E-state index in [9.17, 15) is 4.79 Å². The van der Waals surface area contributed by atoms with Gasteiger partial charge in [-0.15, -0.1) is 0 Å². The largest absolute Gasteiger partial charge is 0.478 e. The first-order valence-electron chi connectivity index (χ1n) is 6.56. The lowest BCUT2D eigenvalue weighted by atomic mass is 10.1. The number of benzene rings is 1. The zero-order chi connectivity index (χ0) is 14.7. The van der Waals surface area contributed by atoms with E-state index < -0.39 is 5.97 Å². The molecule has 0 bridgehead atoms. The lowest BCUT2D eigenvalue weighted by Gasteiger charge is -2.23. The molecule has 0 aliphatic heterocycles. The fourth-order valence-electron chi connectivity index (χ4n) is 2.07. The van der Waals surface area contributed by atoms with E-state index in [0.717, 1.165) is 23.6 Å². The van der Waals surface area contributed by atoms with Gasteiger partial charge in [0, 0.05) is 6.54 Å². The quantitative estimate of drug-likeness (QED) is 0.906. The summed E-state index contributed by atoms with van der Waals surface area (Å²) in [4.78, 5) is 13.0. The van der Waals surface area contributed by atoms with Crippen LogP contribution in [0.4, 0.5) is 0 Å². The molecule has 1 aromatic heterocycles. The Balaban J connectivity index is 2.03. The summed E-state index contributed by atoms with van der Waals surface area (Å²) in [6, 6.07) is 11.1.